The summed E-state index contributed by atoms with van der Waals surface area (Å²) in [6.07, 6.45) is 1.83. The van der Waals surface area contributed by atoms with E-state index in [-0.39, 0.29) is 5.82 Å². The molecule has 2 heterocycles. The number of halogens is 1. The van der Waals surface area contributed by atoms with Gasteiger partial charge in [0, 0.05) is 22.5 Å². The van der Waals surface area contributed by atoms with Gasteiger partial charge in [0.2, 0.25) is 0 Å². The number of nitrogens with zero attached hydrogens (tertiary/aromatic N) is 3. The molecule has 0 fully saturated rings. The van der Waals surface area contributed by atoms with Gasteiger partial charge >= 0.3 is 0 Å². The zero-order valence-corrected chi connectivity index (χ0v) is 15.1. The van der Waals surface area contributed by atoms with Gasteiger partial charge in [-0.05, 0) is 54.6 Å². The Bertz CT molecular complexity index is 1290. The zero-order chi connectivity index (χ0) is 19.1. The highest BCUT2D eigenvalue weighted by Gasteiger charge is 2.17. The monoisotopic (exact) mass is 369 g/mol. The highest BCUT2D eigenvalue weighted by molar-refractivity contribution is 6.09. The lowest BCUT2D eigenvalue weighted by Gasteiger charge is -2.07. The molecular weight excluding hydrogens is 353 g/mol. The highest BCUT2D eigenvalue weighted by atomic mass is 19.1. The van der Waals surface area contributed by atoms with Crippen LogP contribution in [0.15, 0.2) is 79.0 Å². The lowest BCUT2D eigenvalue weighted by Crippen LogP contribution is -1.97. The Kier molecular flexibility index (Phi) is 3.79. The fourth-order valence-corrected chi connectivity index (χ4v) is 3.47. The molecule has 0 aliphatic rings. The molecule has 0 saturated heterocycles. The van der Waals surface area contributed by atoms with E-state index in [1.807, 2.05) is 59.4 Å². The van der Waals surface area contributed by atoms with Crippen molar-refractivity contribution in [3.05, 3.63) is 84.8 Å². The van der Waals surface area contributed by atoms with Crippen molar-refractivity contribution in [2.45, 2.75) is 0 Å². The molecule has 2 aromatic heterocycles. The van der Waals surface area contributed by atoms with Crippen LogP contribution in [0.1, 0.15) is 0 Å². The highest BCUT2D eigenvalue weighted by Crippen LogP contribution is 2.34. The van der Waals surface area contributed by atoms with Crippen molar-refractivity contribution in [1.82, 2.24) is 14.8 Å². The number of rotatable bonds is 3. The van der Waals surface area contributed by atoms with E-state index in [0.29, 0.717) is 0 Å². The Morgan fingerprint density at radius 1 is 0.893 bits per heavy atom. The third-order valence-corrected chi connectivity index (χ3v) is 4.83. The molecule has 5 rings (SSSR count). The molecule has 5 aromatic rings. The molecule has 0 bridgehead atoms. The minimum atomic E-state index is -0.274. The third kappa shape index (κ3) is 2.60. The Hall–Kier alpha value is -3.73. The summed E-state index contributed by atoms with van der Waals surface area (Å²) >= 11 is 0. The summed E-state index contributed by atoms with van der Waals surface area (Å²) in [6.45, 7) is 0. The Balaban J connectivity index is 1.90. The van der Waals surface area contributed by atoms with Crippen LogP contribution in [0.4, 0.5) is 4.39 Å². The predicted molar refractivity (Wildman–Crippen MR) is 108 cm³/mol. The van der Waals surface area contributed by atoms with Gasteiger partial charge in [-0.15, -0.1) is 0 Å². The second-order valence-electron chi connectivity index (χ2n) is 6.51. The zero-order valence-electron chi connectivity index (χ0n) is 15.1. The molecule has 0 N–H and O–H groups in total. The molecule has 136 valence electrons. The van der Waals surface area contributed by atoms with Crippen LogP contribution in [0.5, 0.6) is 5.75 Å². The number of methoxy groups -OCH3 is 1. The van der Waals surface area contributed by atoms with Crippen molar-refractivity contribution in [2.24, 2.45) is 0 Å². The SMILES string of the molecule is COc1ccc2ncc3c(-c4ccc(F)cc4)nn(-c4ccccc4)c3c2c1. The van der Waals surface area contributed by atoms with E-state index in [1.54, 1.807) is 19.2 Å². The molecule has 4 nitrogen and oxygen atoms in total. The molecule has 0 aliphatic carbocycles. The average molecular weight is 369 g/mol. The number of hydrogen-bond donors (Lipinski definition) is 0. The number of hydrogen-bond acceptors (Lipinski definition) is 3. The van der Waals surface area contributed by atoms with E-state index >= 15 is 0 Å². The van der Waals surface area contributed by atoms with Crippen LogP contribution in [-0.2, 0) is 0 Å². The van der Waals surface area contributed by atoms with Crippen LogP contribution in [0.3, 0.4) is 0 Å². The van der Waals surface area contributed by atoms with Crippen molar-refractivity contribution in [3.8, 4) is 22.7 Å². The summed E-state index contributed by atoms with van der Waals surface area (Å²) in [5.41, 5.74) is 4.34. The Labute approximate surface area is 160 Å². The van der Waals surface area contributed by atoms with Crippen molar-refractivity contribution in [2.75, 3.05) is 7.11 Å². The average Bonchev–Trinajstić information content (AvgIpc) is 3.15. The molecule has 0 saturated carbocycles. The number of aromatic nitrogens is 3. The van der Waals surface area contributed by atoms with Gasteiger partial charge in [0.25, 0.3) is 0 Å². The predicted octanol–water partition coefficient (Wildman–Crippen LogP) is 5.39. The summed E-state index contributed by atoms with van der Waals surface area (Å²) in [5, 5.41) is 6.72. The first-order chi connectivity index (χ1) is 13.7. The number of fused-ring (bicyclic) bond motifs is 3. The first-order valence-corrected chi connectivity index (χ1v) is 8.91. The standard InChI is InChI=1S/C23H16FN3O/c1-28-18-11-12-21-19(13-18)23-20(14-25-21)22(15-7-9-16(24)10-8-15)26-27(23)17-5-3-2-4-6-17/h2-14H,1H3. The summed E-state index contributed by atoms with van der Waals surface area (Å²) in [6, 6.07) is 22.1. The van der Waals surface area contributed by atoms with E-state index < -0.39 is 0 Å². The Morgan fingerprint density at radius 2 is 1.68 bits per heavy atom. The topological polar surface area (TPSA) is 39.9 Å². The van der Waals surface area contributed by atoms with Crippen LogP contribution < -0.4 is 4.74 Å². The van der Waals surface area contributed by atoms with E-state index in [0.717, 1.165) is 44.5 Å². The maximum atomic E-state index is 13.4. The van der Waals surface area contributed by atoms with Gasteiger partial charge in [-0.3, -0.25) is 4.98 Å². The van der Waals surface area contributed by atoms with Crippen LogP contribution >= 0.6 is 0 Å². The number of benzene rings is 3. The maximum absolute atomic E-state index is 13.4. The molecule has 0 aliphatic heterocycles. The van der Waals surface area contributed by atoms with Crippen molar-refractivity contribution < 1.29 is 9.13 Å². The van der Waals surface area contributed by atoms with Gasteiger partial charge in [-0.25, -0.2) is 9.07 Å². The summed E-state index contributed by atoms with van der Waals surface area (Å²) in [5.74, 6) is 0.481. The second kappa shape index (κ2) is 6.46. The first-order valence-electron chi connectivity index (χ1n) is 8.91. The molecular formula is C23H16FN3O. The normalized spacial score (nSPS) is 11.2. The molecule has 0 unspecified atom stereocenters. The van der Waals surface area contributed by atoms with Gasteiger partial charge in [-0.1, -0.05) is 18.2 Å². The van der Waals surface area contributed by atoms with E-state index in [4.69, 9.17) is 9.84 Å². The van der Waals surface area contributed by atoms with Gasteiger partial charge in [0.15, 0.2) is 0 Å². The van der Waals surface area contributed by atoms with E-state index in [9.17, 15) is 4.39 Å². The van der Waals surface area contributed by atoms with Gasteiger partial charge < -0.3 is 4.74 Å². The van der Waals surface area contributed by atoms with E-state index in [2.05, 4.69) is 4.98 Å². The summed E-state index contributed by atoms with van der Waals surface area (Å²) in [4.78, 5) is 4.61. The smallest absolute Gasteiger partial charge is 0.123 e. The second-order valence-corrected chi connectivity index (χ2v) is 6.51. The molecule has 28 heavy (non-hydrogen) atoms. The van der Waals surface area contributed by atoms with Crippen molar-refractivity contribution in [1.29, 1.82) is 0 Å². The van der Waals surface area contributed by atoms with Gasteiger partial charge in [0.1, 0.15) is 17.3 Å². The van der Waals surface area contributed by atoms with E-state index in [1.165, 1.54) is 12.1 Å². The number of ether oxygens (including phenoxy) is 1. The van der Waals surface area contributed by atoms with Crippen LogP contribution in [0.25, 0.3) is 38.8 Å². The summed E-state index contributed by atoms with van der Waals surface area (Å²) in [7, 11) is 1.65. The quantitative estimate of drug-likeness (QED) is 0.428. The van der Waals surface area contributed by atoms with Crippen molar-refractivity contribution in [3.63, 3.8) is 0 Å². The Morgan fingerprint density at radius 3 is 2.43 bits per heavy atom. The minimum Gasteiger partial charge on any atom is -0.497 e. The summed E-state index contributed by atoms with van der Waals surface area (Å²) < 4.78 is 20.8. The molecule has 5 heteroatoms. The molecule has 0 atom stereocenters. The lowest BCUT2D eigenvalue weighted by molar-refractivity contribution is 0.415. The molecule has 3 aromatic carbocycles. The maximum Gasteiger partial charge on any atom is 0.123 e. The third-order valence-electron chi connectivity index (χ3n) is 4.83. The molecule has 0 spiro atoms. The van der Waals surface area contributed by atoms with Crippen LogP contribution in [0, 0.1) is 5.82 Å². The molecule has 0 amide bonds. The fraction of sp³-hybridized carbons (Fsp3) is 0.0435. The molecule has 0 radical (unpaired) electrons. The lowest BCUT2D eigenvalue weighted by atomic mass is 10.1. The van der Waals surface area contributed by atoms with Gasteiger partial charge in [-0.2, -0.15) is 5.10 Å². The largest absolute Gasteiger partial charge is 0.497 e. The van der Waals surface area contributed by atoms with Crippen LogP contribution in [-0.4, -0.2) is 21.9 Å². The minimum absolute atomic E-state index is 0.274. The number of para-hydroxylation sites is 1. The first kappa shape index (κ1) is 16.4. The van der Waals surface area contributed by atoms with Crippen LogP contribution in [0.2, 0.25) is 0 Å². The number of pyridine rings is 1. The van der Waals surface area contributed by atoms with Gasteiger partial charge in [0.05, 0.1) is 23.8 Å². The van der Waals surface area contributed by atoms with Crippen molar-refractivity contribution >= 4 is 21.8 Å². The fourth-order valence-electron chi connectivity index (χ4n) is 3.47.